The number of hydrogen-bond acceptors (Lipinski definition) is 4. The number of β-amino-alcohol motifs (C(OH)–C–C–N with tert-alkyl or cyclic N) is 1. The largest absolute Gasteiger partial charge is 0.480 e. The first-order valence-electron chi connectivity index (χ1n) is 5.21. The van der Waals surface area contributed by atoms with Crippen molar-refractivity contribution < 1.29 is 19.8 Å². The molecule has 1 unspecified atom stereocenters. The van der Waals surface area contributed by atoms with Gasteiger partial charge in [0.05, 0.1) is 6.10 Å². The lowest BCUT2D eigenvalue weighted by atomic mass is 10.2. The van der Waals surface area contributed by atoms with Gasteiger partial charge in [-0.2, -0.15) is 0 Å². The molecule has 1 fully saturated rings. The zero-order chi connectivity index (χ0) is 12.1. The van der Waals surface area contributed by atoms with Gasteiger partial charge in [0.1, 0.15) is 6.04 Å². The summed E-state index contributed by atoms with van der Waals surface area (Å²) in [6.07, 6.45) is -0.0409. The minimum atomic E-state index is -1.09. The third kappa shape index (κ3) is 3.07. The number of nitrogens with one attached hydrogen (secondary N) is 1. The van der Waals surface area contributed by atoms with Crippen LogP contribution in [0.1, 0.15) is 12.8 Å². The van der Waals surface area contributed by atoms with E-state index in [1.807, 2.05) is 0 Å². The number of aliphatic hydroxyl groups excluding tert-OH is 1. The molecule has 7 heteroatoms. The molecular weight excluding hydrogens is 214 g/mol. The Balaban J connectivity index is 2.50. The van der Waals surface area contributed by atoms with Crippen LogP contribution in [-0.4, -0.2) is 58.9 Å². The van der Waals surface area contributed by atoms with Crippen LogP contribution in [0.5, 0.6) is 0 Å². The van der Waals surface area contributed by atoms with Gasteiger partial charge < -0.3 is 26.2 Å². The van der Waals surface area contributed by atoms with Crippen LogP contribution < -0.4 is 11.1 Å². The summed E-state index contributed by atoms with van der Waals surface area (Å²) in [7, 11) is 0. The zero-order valence-corrected chi connectivity index (χ0v) is 8.93. The Bertz CT molecular complexity index is 271. The molecule has 0 aliphatic carbocycles. The average Bonchev–Trinajstić information content (AvgIpc) is 2.61. The lowest BCUT2D eigenvalue weighted by molar-refractivity contribution is -0.141. The molecule has 0 radical (unpaired) electrons. The van der Waals surface area contributed by atoms with Crippen LogP contribution in [0.15, 0.2) is 0 Å². The number of nitrogens with two attached hydrogens (primary N) is 1. The van der Waals surface area contributed by atoms with Crippen molar-refractivity contribution in [2.75, 3.05) is 19.6 Å². The van der Waals surface area contributed by atoms with Crippen molar-refractivity contribution in [2.45, 2.75) is 25.0 Å². The van der Waals surface area contributed by atoms with Crippen molar-refractivity contribution in [2.24, 2.45) is 5.73 Å². The molecule has 0 aromatic rings. The fourth-order valence-electron chi connectivity index (χ4n) is 1.67. The van der Waals surface area contributed by atoms with Gasteiger partial charge in [0, 0.05) is 19.5 Å². The number of nitrogens with zero attached hydrogens (tertiary/aromatic N) is 1. The molecule has 16 heavy (non-hydrogen) atoms. The lowest BCUT2D eigenvalue weighted by Gasteiger charge is -2.21. The quantitative estimate of drug-likeness (QED) is 0.442. The Kier molecular flexibility index (Phi) is 4.51. The molecular formula is C9H17N3O4. The molecule has 0 aromatic heterocycles. The second kappa shape index (κ2) is 5.66. The number of carbonyl (C=O) groups is 2. The van der Waals surface area contributed by atoms with Gasteiger partial charge in [-0.15, -0.1) is 0 Å². The molecule has 1 saturated heterocycles. The predicted octanol–water partition coefficient (Wildman–Crippen LogP) is -1.44. The van der Waals surface area contributed by atoms with Crippen molar-refractivity contribution >= 4 is 12.0 Å². The topological polar surface area (TPSA) is 116 Å². The van der Waals surface area contributed by atoms with E-state index in [-0.39, 0.29) is 13.0 Å². The molecule has 0 aromatic carbocycles. The first kappa shape index (κ1) is 12.7. The Morgan fingerprint density at radius 1 is 1.50 bits per heavy atom. The van der Waals surface area contributed by atoms with E-state index in [0.717, 1.165) is 4.90 Å². The standard InChI is InChI=1S/C9H17N3O4/c10-2-1-3-11-9(16)12-5-6(13)4-7(12)8(14)15/h6-7,13H,1-5,10H2,(H,11,16)(H,14,15)/t6?,7-/m0/s1. The van der Waals surface area contributed by atoms with Gasteiger partial charge in [0.2, 0.25) is 0 Å². The number of hydrogen-bond donors (Lipinski definition) is 4. The van der Waals surface area contributed by atoms with Gasteiger partial charge in [0.25, 0.3) is 0 Å². The fourth-order valence-corrected chi connectivity index (χ4v) is 1.67. The second-order valence-electron chi connectivity index (χ2n) is 3.77. The monoisotopic (exact) mass is 231 g/mol. The van der Waals surface area contributed by atoms with Crippen LogP contribution in [0, 0.1) is 0 Å². The number of amides is 2. The normalized spacial score (nSPS) is 24.5. The first-order chi connectivity index (χ1) is 7.56. The van der Waals surface area contributed by atoms with E-state index < -0.39 is 24.1 Å². The SMILES string of the molecule is NCCCNC(=O)N1CC(O)C[C@H]1C(=O)O. The molecule has 1 aliphatic heterocycles. The van der Waals surface area contributed by atoms with Gasteiger partial charge >= 0.3 is 12.0 Å². The van der Waals surface area contributed by atoms with Crippen LogP contribution >= 0.6 is 0 Å². The maximum Gasteiger partial charge on any atom is 0.326 e. The van der Waals surface area contributed by atoms with E-state index in [1.54, 1.807) is 0 Å². The maximum absolute atomic E-state index is 11.6. The number of carboxylic acid groups (broad SMARTS) is 1. The van der Waals surface area contributed by atoms with E-state index in [9.17, 15) is 14.7 Å². The fraction of sp³-hybridized carbons (Fsp3) is 0.778. The van der Waals surface area contributed by atoms with Crippen molar-refractivity contribution in [1.82, 2.24) is 10.2 Å². The first-order valence-corrected chi connectivity index (χ1v) is 5.21. The molecule has 2 amide bonds. The third-order valence-corrected chi connectivity index (χ3v) is 2.48. The molecule has 1 rings (SSSR count). The van der Waals surface area contributed by atoms with Gasteiger partial charge in [0.15, 0.2) is 0 Å². The Labute approximate surface area is 93.2 Å². The number of aliphatic hydroxyl groups is 1. The van der Waals surface area contributed by atoms with Crippen molar-refractivity contribution in [3.8, 4) is 0 Å². The summed E-state index contributed by atoms with van der Waals surface area (Å²) in [6.45, 7) is 0.935. The summed E-state index contributed by atoms with van der Waals surface area (Å²) in [5.41, 5.74) is 5.27. The molecule has 0 saturated carbocycles. The molecule has 7 nitrogen and oxygen atoms in total. The molecule has 0 bridgehead atoms. The number of likely N-dealkylation sites (tertiary alicyclic amines) is 1. The summed E-state index contributed by atoms with van der Waals surface area (Å²) in [6, 6.07) is -1.40. The highest BCUT2D eigenvalue weighted by molar-refractivity contribution is 5.83. The van der Waals surface area contributed by atoms with Crippen molar-refractivity contribution in [3.05, 3.63) is 0 Å². The molecule has 1 aliphatic rings. The molecule has 2 atom stereocenters. The average molecular weight is 231 g/mol. The van der Waals surface area contributed by atoms with E-state index in [4.69, 9.17) is 10.8 Å². The van der Waals surface area contributed by atoms with Crippen LogP contribution in [0.4, 0.5) is 4.79 Å². The Morgan fingerprint density at radius 2 is 2.19 bits per heavy atom. The predicted molar refractivity (Wildman–Crippen MR) is 55.8 cm³/mol. The van der Waals surface area contributed by atoms with E-state index >= 15 is 0 Å². The third-order valence-electron chi connectivity index (χ3n) is 2.48. The minimum absolute atomic E-state index is 0.0609. The van der Waals surface area contributed by atoms with Crippen molar-refractivity contribution in [1.29, 1.82) is 0 Å². The highest BCUT2D eigenvalue weighted by Crippen LogP contribution is 2.17. The Morgan fingerprint density at radius 3 is 2.75 bits per heavy atom. The number of carbonyl (C=O) groups excluding carboxylic acids is 1. The van der Waals surface area contributed by atoms with Gasteiger partial charge in [-0.1, -0.05) is 0 Å². The number of carboxylic acids is 1. The van der Waals surface area contributed by atoms with E-state index in [0.29, 0.717) is 19.5 Å². The summed E-state index contributed by atoms with van der Waals surface area (Å²) in [4.78, 5) is 23.6. The Hall–Kier alpha value is -1.34. The summed E-state index contributed by atoms with van der Waals surface area (Å²) in [5, 5.41) is 20.8. The lowest BCUT2D eigenvalue weighted by Crippen LogP contribution is -2.46. The van der Waals surface area contributed by atoms with Crippen LogP contribution in [0.2, 0.25) is 0 Å². The van der Waals surface area contributed by atoms with Gasteiger partial charge in [-0.05, 0) is 13.0 Å². The highest BCUT2D eigenvalue weighted by atomic mass is 16.4. The molecule has 0 spiro atoms. The number of urea groups is 1. The van der Waals surface area contributed by atoms with Crippen LogP contribution in [0.25, 0.3) is 0 Å². The molecule has 92 valence electrons. The molecule has 5 N–H and O–H groups in total. The minimum Gasteiger partial charge on any atom is -0.480 e. The van der Waals surface area contributed by atoms with Gasteiger partial charge in [-0.25, -0.2) is 9.59 Å². The highest BCUT2D eigenvalue weighted by Gasteiger charge is 2.38. The maximum atomic E-state index is 11.6. The van der Waals surface area contributed by atoms with Crippen LogP contribution in [-0.2, 0) is 4.79 Å². The van der Waals surface area contributed by atoms with E-state index in [1.165, 1.54) is 0 Å². The van der Waals surface area contributed by atoms with Gasteiger partial charge in [-0.3, -0.25) is 0 Å². The summed E-state index contributed by atoms with van der Waals surface area (Å²) >= 11 is 0. The molecule has 1 heterocycles. The smallest absolute Gasteiger partial charge is 0.326 e. The number of aliphatic carboxylic acids is 1. The van der Waals surface area contributed by atoms with E-state index in [2.05, 4.69) is 5.32 Å². The van der Waals surface area contributed by atoms with Crippen LogP contribution in [0.3, 0.4) is 0 Å². The second-order valence-corrected chi connectivity index (χ2v) is 3.77. The van der Waals surface area contributed by atoms with Crippen molar-refractivity contribution in [3.63, 3.8) is 0 Å². The summed E-state index contributed by atoms with van der Waals surface area (Å²) < 4.78 is 0. The number of rotatable bonds is 4. The summed E-state index contributed by atoms with van der Waals surface area (Å²) in [5.74, 6) is -1.09. The zero-order valence-electron chi connectivity index (χ0n) is 8.93.